The van der Waals surface area contributed by atoms with Crippen LogP contribution in [0.3, 0.4) is 0 Å². The largest absolute Gasteiger partial charge is 0.491 e. The Morgan fingerprint density at radius 1 is 1.00 bits per heavy atom. The highest BCUT2D eigenvalue weighted by Crippen LogP contribution is 2.41. The summed E-state index contributed by atoms with van der Waals surface area (Å²) in [5.74, 6) is 0.579. The number of hydrogen-bond donors (Lipinski definition) is 0. The molecule has 22 heavy (non-hydrogen) atoms. The van der Waals surface area contributed by atoms with E-state index in [0.717, 1.165) is 11.1 Å². The van der Waals surface area contributed by atoms with Gasteiger partial charge in [0, 0.05) is 19.7 Å². The van der Waals surface area contributed by atoms with E-state index < -0.39 is 5.60 Å². The standard InChI is InChI=1S/C18H19NO3/c1-19(2)17(20)18(14-8-4-3-5-9-14)15-10-6-7-11-16(15)21-12-13-22-18/h3-11H,12-13H2,1-2H3. The summed E-state index contributed by atoms with van der Waals surface area (Å²) in [5.41, 5.74) is 0.391. The predicted molar refractivity (Wildman–Crippen MR) is 83.8 cm³/mol. The number of ether oxygens (including phenoxy) is 2. The van der Waals surface area contributed by atoms with Gasteiger partial charge in [-0.2, -0.15) is 0 Å². The van der Waals surface area contributed by atoms with E-state index in [1.807, 2.05) is 54.6 Å². The van der Waals surface area contributed by atoms with Gasteiger partial charge in [-0.15, -0.1) is 0 Å². The van der Waals surface area contributed by atoms with Crippen LogP contribution in [0.1, 0.15) is 11.1 Å². The molecule has 0 bridgehead atoms. The average molecular weight is 297 g/mol. The first-order valence-corrected chi connectivity index (χ1v) is 7.30. The van der Waals surface area contributed by atoms with Crippen molar-refractivity contribution in [2.45, 2.75) is 5.60 Å². The summed E-state index contributed by atoms with van der Waals surface area (Å²) in [7, 11) is 3.48. The van der Waals surface area contributed by atoms with Crippen LogP contribution in [-0.2, 0) is 15.1 Å². The van der Waals surface area contributed by atoms with Crippen LogP contribution in [0, 0.1) is 0 Å². The lowest BCUT2D eigenvalue weighted by Crippen LogP contribution is -2.46. The summed E-state index contributed by atoms with van der Waals surface area (Å²) in [6.45, 7) is 0.773. The number of benzene rings is 2. The van der Waals surface area contributed by atoms with Crippen LogP contribution in [0.25, 0.3) is 0 Å². The van der Waals surface area contributed by atoms with Crippen LogP contribution in [0.15, 0.2) is 54.6 Å². The summed E-state index contributed by atoms with van der Waals surface area (Å²) >= 11 is 0. The minimum atomic E-state index is -1.17. The molecule has 0 aliphatic carbocycles. The molecule has 4 nitrogen and oxygen atoms in total. The molecule has 1 aliphatic heterocycles. The van der Waals surface area contributed by atoms with E-state index in [1.54, 1.807) is 19.0 Å². The number of amides is 1. The van der Waals surface area contributed by atoms with E-state index >= 15 is 0 Å². The first kappa shape index (κ1) is 14.6. The number of carbonyl (C=O) groups excluding carboxylic acids is 1. The summed E-state index contributed by atoms with van der Waals surface area (Å²) in [5, 5.41) is 0. The fraction of sp³-hybridized carbons (Fsp3) is 0.278. The van der Waals surface area contributed by atoms with Gasteiger partial charge < -0.3 is 14.4 Å². The Morgan fingerprint density at radius 2 is 1.68 bits per heavy atom. The van der Waals surface area contributed by atoms with Gasteiger partial charge in [0.25, 0.3) is 5.91 Å². The molecule has 4 heteroatoms. The monoisotopic (exact) mass is 297 g/mol. The second kappa shape index (κ2) is 5.81. The number of rotatable bonds is 2. The third-order valence-corrected chi connectivity index (χ3v) is 3.81. The zero-order valence-electron chi connectivity index (χ0n) is 12.8. The minimum Gasteiger partial charge on any atom is -0.491 e. The number of nitrogens with zero attached hydrogens (tertiary/aromatic N) is 1. The normalized spacial score (nSPS) is 20.5. The molecule has 1 unspecified atom stereocenters. The SMILES string of the molecule is CN(C)C(=O)C1(c2ccccc2)OCCOc2ccccc21. The maximum absolute atomic E-state index is 13.1. The van der Waals surface area contributed by atoms with Crippen molar-refractivity contribution in [1.29, 1.82) is 0 Å². The smallest absolute Gasteiger partial charge is 0.263 e. The lowest BCUT2D eigenvalue weighted by atomic mass is 9.84. The Labute approximate surface area is 130 Å². The number of para-hydroxylation sites is 1. The van der Waals surface area contributed by atoms with Crippen molar-refractivity contribution in [2.24, 2.45) is 0 Å². The molecule has 0 aromatic heterocycles. The van der Waals surface area contributed by atoms with Gasteiger partial charge in [-0.1, -0.05) is 48.5 Å². The van der Waals surface area contributed by atoms with Crippen LogP contribution in [0.5, 0.6) is 5.75 Å². The molecule has 0 N–H and O–H groups in total. The Hall–Kier alpha value is -2.33. The first-order chi connectivity index (χ1) is 10.7. The summed E-state index contributed by atoms with van der Waals surface area (Å²) in [6, 6.07) is 17.2. The quantitative estimate of drug-likeness (QED) is 0.854. The lowest BCUT2D eigenvalue weighted by molar-refractivity contribution is -0.151. The highest BCUT2D eigenvalue weighted by Gasteiger charge is 2.47. The van der Waals surface area contributed by atoms with E-state index in [4.69, 9.17) is 9.47 Å². The second-order valence-corrected chi connectivity index (χ2v) is 5.44. The Bertz CT molecular complexity index is 669. The van der Waals surface area contributed by atoms with Crippen molar-refractivity contribution < 1.29 is 14.3 Å². The zero-order valence-corrected chi connectivity index (χ0v) is 12.8. The molecule has 0 saturated carbocycles. The zero-order chi connectivity index (χ0) is 15.6. The molecule has 2 aromatic rings. The van der Waals surface area contributed by atoms with E-state index in [0.29, 0.717) is 19.0 Å². The Morgan fingerprint density at radius 3 is 2.41 bits per heavy atom. The van der Waals surface area contributed by atoms with E-state index in [9.17, 15) is 4.79 Å². The number of carbonyl (C=O) groups is 1. The highest BCUT2D eigenvalue weighted by molar-refractivity contribution is 5.91. The fourth-order valence-corrected chi connectivity index (χ4v) is 2.83. The van der Waals surface area contributed by atoms with Gasteiger partial charge in [0.1, 0.15) is 12.4 Å². The number of fused-ring (bicyclic) bond motifs is 1. The molecule has 2 aromatic carbocycles. The third-order valence-electron chi connectivity index (χ3n) is 3.81. The molecule has 0 spiro atoms. The molecule has 114 valence electrons. The molecule has 1 aliphatic rings. The maximum Gasteiger partial charge on any atom is 0.263 e. The molecule has 1 amide bonds. The molecule has 1 heterocycles. The van der Waals surface area contributed by atoms with E-state index in [2.05, 4.69) is 0 Å². The van der Waals surface area contributed by atoms with Gasteiger partial charge in [-0.05, 0) is 11.6 Å². The van der Waals surface area contributed by atoms with Crippen LogP contribution in [0.2, 0.25) is 0 Å². The summed E-state index contributed by atoms with van der Waals surface area (Å²) < 4.78 is 11.9. The minimum absolute atomic E-state index is 0.114. The van der Waals surface area contributed by atoms with Crippen molar-refractivity contribution in [2.75, 3.05) is 27.3 Å². The van der Waals surface area contributed by atoms with Gasteiger partial charge >= 0.3 is 0 Å². The molecular formula is C18H19NO3. The van der Waals surface area contributed by atoms with Gasteiger partial charge in [0.05, 0.1) is 6.61 Å². The fourth-order valence-electron chi connectivity index (χ4n) is 2.83. The first-order valence-electron chi connectivity index (χ1n) is 7.30. The van der Waals surface area contributed by atoms with Crippen molar-refractivity contribution in [3.05, 3.63) is 65.7 Å². The number of hydrogen-bond acceptors (Lipinski definition) is 3. The van der Waals surface area contributed by atoms with Crippen molar-refractivity contribution in [3.8, 4) is 5.75 Å². The summed E-state index contributed by atoms with van der Waals surface area (Å²) in [6.07, 6.45) is 0. The van der Waals surface area contributed by atoms with Gasteiger partial charge in [0.2, 0.25) is 5.60 Å². The molecule has 0 radical (unpaired) electrons. The van der Waals surface area contributed by atoms with E-state index in [-0.39, 0.29) is 5.91 Å². The van der Waals surface area contributed by atoms with Crippen LogP contribution < -0.4 is 4.74 Å². The average Bonchev–Trinajstić information content (AvgIpc) is 2.75. The van der Waals surface area contributed by atoms with Crippen LogP contribution in [0.4, 0.5) is 0 Å². The Kier molecular flexibility index (Phi) is 3.86. The molecule has 0 saturated heterocycles. The van der Waals surface area contributed by atoms with Gasteiger partial charge in [-0.3, -0.25) is 4.79 Å². The maximum atomic E-state index is 13.1. The van der Waals surface area contributed by atoms with Crippen LogP contribution in [-0.4, -0.2) is 38.1 Å². The summed E-state index contributed by atoms with van der Waals surface area (Å²) in [4.78, 5) is 14.6. The molecule has 1 atom stereocenters. The van der Waals surface area contributed by atoms with E-state index in [1.165, 1.54) is 0 Å². The second-order valence-electron chi connectivity index (χ2n) is 5.44. The van der Waals surface area contributed by atoms with Crippen LogP contribution >= 0.6 is 0 Å². The van der Waals surface area contributed by atoms with Gasteiger partial charge in [-0.25, -0.2) is 0 Å². The van der Waals surface area contributed by atoms with Gasteiger partial charge in [0.15, 0.2) is 0 Å². The number of likely N-dealkylation sites (N-methyl/N-ethyl adjacent to an activating group) is 1. The highest BCUT2D eigenvalue weighted by atomic mass is 16.6. The molecular weight excluding hydrogens is 278 g/mol. The molecule has 3 rings (SSSR count). The predicted octanol–water partition coefficient (Wildman–Crippen LogP) is 2.43. The molecule has 0 fully saturated rings. The third kappa shape index (κ3) is 2.25. The van der Waals surface area contributed by atoms with Crippen molar-refractivity contribution in [3.63, 3.8) is 0 Å². The van der Waals surface area contributed by atoms with Crippen molar-refractivity contribution in [1.82, 2.24) is 4.90 Å². The Balaban J connectivity index is 2.29. The topological polar surface area (TPSA) is 38.8 Å². The van der Waals surface area contributed by atoms with Crippen molar-refractivity contribution >= 4 is 5.91 Å². The lowest BCUT2D eigenvalue weighted by Gasteiger charge is -2.34.